The molecule has 188 valence electrons. The maximum Gasteiger partial charge on any atom is 0.300 e. The molecule has 2 N–H and O–H groups in total. The number of hydrogen-bond acceptors (Lipinski definition) is 5. The van der Waals surface area contributed by atoms with Crippen LogP contribution in [0.3, 0.4) is 0 Å². The SMILES string of the molecule is CCOc1cc(C2/C(=C(/O)c3c[nH]c4ccccc34)C(=O)C(=O)N2c2ccc(C)cc2C)ccc1OC. The number of rotatable bonds is 6. The second kappa shape index (κ2) is 9.50. The number of anilines is 1. The van der Waals surface area contributed by atoms with Crippen molar-refractivity contribution >= 4 is 34.0 Å². The minimum atomic E-state index is -0.875. The van der Waals surface area contributed by atoms with Gasteiger partial charge in [-0.25, -0.2) is 0 Å². The number of carbonyl (C=O) groups is 2. The molecule has 1 amide bonds. The molecular weight excluding hydrogens is 468 g/mol. The lowest BCUT2D eigenvalue weighted by molar-refractivity contribution is -0.132. The second-order valence-corrected chi connectivity index (χ2v) is 9.05. The van der Waals surface area contributed by atoms with E-state index >= 15 is 0 Å². The third-order valence-electron chi connectivity index (χ3n) is 6.70. The fraction of sp³-hybridized carbons (Fsp3) is 0.200. The number of aromatic nitrogens is 1. The van der Waals surface area contributed by atoms with E-state index in [0.717, 1.165) is 22.0 Å². The van der Waals surface area contributed by atoms with E-state index < -0.39 is 17.7 Å². The number of hydrogen-bond donors (Lipinski definition) is 2. The molecule has 0 bridgehead atoms. The first-order valence-corrected chi connectivity index (χ1v) is 12.1. The summed E-state index contributed by atoms with van der Waals surface area (Å²) in [5.74, 6) is -0.665. The highest BCUT2D eigenvalue weighted by Gasteiger charge is 2.47. The largest absolute Gasteiger partial charge is 0.507 e. The van der Waals surface area contributed by atoms with Gasteiger partial charge in [0.05, 0.1) is 25.3 Å². The number of amides is 1. The quantitative estimate of drug-likeness (QED) is 0.199. The number of H-pyrrole nitrogens is 1. The van der Waals surface area contributed by atoms with Crippen LogP contribution in [0, 0.1) is 13.8 Å². The third-order valence-corrected chi connectivity index (χ3v) is 6.70. The van der Waals surface area contributed by atoms with Crippen LogP contribution in [0.4, 0.5) is 5.69 Å². The van der Waals surface area contributed by atoms with Crippen molar-refractivity contribution in [2.75, 3.05) is 18.6 Å². The van der Waals surface area contributed by atoms with Crippen molar-refractivity contribution in [2.45, 2.75) is 26.8 Å². The van der Waals surface area contributed by atoms with Gasteiger partial charge in [0.1, 0.15) is 5.76 Å². The Morgan fingerprint density at radius 3 is 2.54 bits per heavy atom. The number of aliphatic hydroxyl groups is 1. The molecule has 2 heterocycles. The van der Waals surface area contributed by atoms with E-state index in [1.165, 1.54) is 4.90 Å². The van der Waals surface area contributed by atoms with Crippen LogP contribution in [-0.4, -0.2) is 35.5 Å². The highest BCUT2D eigenvalue weighted by atomic mass is 16.5. The number of aryl methyl sites for hydroxylation is 2. The van der Waals surface area contributed by atoms with Gasteiger partial charge < -0.3 is 19.6 Å². The lowest BCUT2D eigenvalue weighted by atomic mass is 9.94. The van der Waals surface area contributed by atoms with Crippen molar-refractivity contribution < 1.29 is 24.2 Å². The summed E-state index contributed by atoms with van der Waals surface area (Å²) >= 11 is 0. The van der Waals surface area contributed by atoms with Crippen LogP contribution in [0.25, 0.3) is 16.7 Å². The van der Waals surface area contributed by atoms with Gasteiger partial charge >= 0.3 is 0 Å². The Kier molecular flexibility index (Phi) is 6.21. The number of ether oxygens (including phenoxy) is 2. The third kappa shape index (κ3) is 4.02. The Bertz CT molecular complexity index is 1570. The fourth-order valence-electron chi connectivity index (χ4n) is 5.02. The Hall–Kier alpha value is -4.52. The predicted molar refractivity (Wildman–Crippen MR) is 143 cm³/mol. The van der Waals surface area contributed by atoms with E-state index in [1.54, 1.807) is 31.5 Å². The summed E-state index contributed by atoms with van der Waals surface area (Å²) in [6.07, 6.45) is 1.65. The highest BCUT2D eigenvalue weighted by Crippen LogP contribution is 2.45. The average Bonchev–Trinajstić information content (AvgIpc) is 3.43. The van der Waals surface area contributed by atoms with Crippen molar-refractivity contribution in [3.63, 3.8) is 0 Å². The Morgan fingerprint density at radius 2 is 1.81 bits per heavy atom. The van der Waals surface area contributed by atoms with Gasteiger partial charge in [0.2, 0.25) is 0 Å². The Balaban J connectivity index is 1.78. The molecule has 1 fully saturated rings. The van der Waals surface area contributed by atoms with Gasteiger partial charge in [0, 0.05) is 28.4 Å². The Morgan fingerprint density at radius 1 is 1.03 bits per heavy atom. The summed E-state index contributed by atoms with van der Waals surface area (Å²) in [6, 6.07) is 17.6. The molecule has 1 saturated heterocycles. The predicted octanol–water partition coefficient (Wildman–Crippen LogP) is 5.82. The average molecular weight is 497 g/mol. The van der Waals surface area contributed by atoms with Gasteiger partial charge in [0.15, 0.2) is 11.5 Å². The first kappa shape index (κ1) is 24.2. The number of carbonyl (C=O) groups excluding carboxylic acids is 2. The number of benzene rings is 3. The molecular formula is C30H28N2O5. The van der Waals surface area contributed by atoms with Gasteiger partial charge in [-0.15, -0.1) is 0 Å². The number of methoxy groups -OCH3 is 1. The Labute approximate surface area is 214 Å². The van der Waals surface area contributed by atoms with E-state index in [2.05, 4.69) is 4.98 Å². The van der Waals surface area contributed by atoms with Crippen molar-refractivity contribution in [3.05, 3.63) is 94.7 Å². The number of ketones is 1. The summed E-state index contributed by atoms with van der Waals surface area (Å²) in [4.78, 5) is 31.8. The fourth-order valence-corrected chi connectivity index (χ4v) is 5.02. The molecule has 1 atom stereocenters. The van der Waals surface area contributed by atoms with E-state index in [4.69, 9.17) is 9.47 Å². The summed E-state index contributed by atoms with van der Waals surface area (Å²) in [6.45, 7) is 6.15. The molecule has 4 aromatic rings. The molecule has 37 heavy (non-hydrogen) atoms. The van der Waals surface area contributed by atoms with Crippen molar-refractivity contribution in [1.82, 2.24) is 4.98 Å². The maximum atomic E-state index is 13.6. The molecule has 0 radical (unpaired) electrons. The smallest absolute Gasteiger partial charge is 0.300 e. The van der Waals surface area contributed by atoms with E-state index in [1.807, 2.05) is 63.2 Å². The van der Waals surface area contributed by atoms with E-state index in [0.29, 0.717) is 34.9 Å². The summed E-state index contributed by atoms with van der Waals surface area (Å²) < 4.78 is 11.2. The summed E-state index contributed by atoms with van der Waals surface area (Å²) in [5, 5.41) is 12.3. The van der Waals surface area contributed by atoms with Crippen LogP contribution in [0.5, 0.6) is 11.5 Å². The zero-order valence-electron chi connectivity index (χ0n) is 21.2. The highest BCUT2D eigenvalue weighted by molar-refractivity contribution is 6.52. The number of nitrogens with zero attached hydrogens (tertiary/aromatic N) is 1. The summed E-state index contributed by atoms with van der Waals surface area (Å²) in [5.41, 5.74) is 4.38. The van der Waals surface area contributed by atoms with Gasteiger partial charge in [-0.2, -0.15) is 0 Å². The minimum Gasteiger partial charge on any atom is -0.507 e. The topological polar surface area (TPSA) is 91.9 Å². The van der Waals surface area contributed by atoms with Crippen molar-refractivity contribution in [3.8, 4) is 11.5 Å². The molecule has 3 aromatic carbocycles. The monoisotopic (exact) mass is 496 g/mol. The lowest BCUT2D eigenvalue weighted by Crippen LogP contribution is -2.30. The van der Waals surface area contributed by atoms with Gasteiger partial charge in [-0.1, -0.05) is 42.0 Å². The molecule has 1 aliphatic heterocycles. The van der Waals surface area contributed by atoms with Gasteiger partial charge in [-0.05, 0) is 56.2 Å². The van der Waals surface area contributed by atoms with Crippen LogP contribution in [0.1, 0.15) is 35.2 Å². The van der Waals surface area contributed by atoms with Crippen LogP contribution in [0.15, 0.2) is 72.4 Å². The molecule has 5 rings (SSSR count). The molecule has 0 spiro atoms. The van der Waals surface area contributed by atoms with Gasteiger partial charge in [-0.3, -0.25) is 14.5 Å². The zero-order chi connectivity index (χ0) is 26.3. The number of aromatic amines is 1. The molecule has 0 saturated carbocycles. The lowest BCUT2D eigenvalue weighted by Gasteiger charge is -2.27. The molecule has 1 aromatic heterocycles. The second-order valence-electron chi connectivity index (χ2n) is 9.05. The number of fused-ring (bicyclic) bond motifs is 1. The standard InChI is InChI=1S/C30H28N2O5/c1-5-37-25-15-19(11-13-24(25)36-4)27-26(28(33)21-16-31-22-9-7-6-8-20(21)22)29(34)30(35)32(27)23-12-10-17(2)14-18(23)3/h6-16,27,31,33H,5H2,1-4H3/b28-26-. The maximum absolute atomic E-state index is 13.6. The van der Waals surface area contributed by atoms with Crippen molar-refractivity contribution in [2.24, 2.45) is 0 Å². The zero-order valence-corrected chi connectivity index (χ0v) is 21.2. The van der Waals surface area contributed by atoms with E-state index in [-0.39, 0.29) is 11.3 Å². The molecule has 1 unspecified atom stereocenters. The normalized spacial score (nSPS) is 17.0. The van der Waals surface area contributed by atoms with Crippen LogP contribution < -0.4 is 14.4 Å². The van der Waals surface area contributed by atoms with Crippen LogP contribution in [-0.2, 0) is 9.59 Å². The van der Waals surface area contributed by atoms with E-state index in [9.17, 15) is 14.7 Å². The first-order valence-electron chi connectivity index (χ1n) is 12.1. The summed E-state index contributed by atoms with van der Waals surface area (Å²) in [7, 11) is 1.55. The molecule has 0 aliphatic carbocycles. The van der Waals surface area contributed by atoms with Crippen LogP contribution >= 0.6 is 0 Å². The minimum absolute atomic E-state index is 0.0161. The number of aliphatic hydroxyl groups excluding tert-OH is 1. The first-order chi connectivity index (χ1) is 17.8. The number of nitrogens with one attached hydrogen (secondary N) is 1. The molecule has 7 nitrogen and oxygen atoms in total. The molecule has 1 aliphatic rings. The van der Waals surface area contributed by atoms with Crippen LogP contribution in [0.2, 0.25) is 0 Å². The molecule has 7 heteroatoms. The van der Waals surface area contributed by atoms with Gasteiger partial charge in [0.25, 0.3) is 11.7 Å². The van der Waals surface area contributed by atoms with Crippen molar-refractivity contribution in [1.29, 1.82) is 0 Å². The number of para-hydroxylation sites is 1. The number of Topliss-reactive ketones (excluding diaryl/α,β-unsaturated/α-hetero) is 1.